The van der Waals surface area contributed by atoms with Crippen molar-refractivity contribution in [2.45, 2.75) is 6.54 Å². The van der Waals surface area contributed by atoms with E-state index >= 15 is 0 Å². The number of nitrogens with two attached hydrogens (primary N) is 1. The van der Waals surface area contributed by atoms with Gasteiger partial charge in [0, 0.05) is 5.69 Å². The first kappa shape index (κ1) is 11.2. The zero-order chi connectivity index (χ0) is 12.1. The minimum atomic E-state index is 0.562. The number of rotatable bonds is 4. The van der Waals surface area contributed by atoms with Crippen molar-refractivity contribution < 1.29 is 4.74 Å². The van der Waals surface area contributed by atoms with Crippen LogP contribution in [0.5, 0.6) is 5.75 Å². The van der Waals surface area contributed by atoms with Crippen LogP contribution < -0.4 is 15.8 Å². The van der Waals surface area contributed by atoms with E-state index in [9.17, 15) is 0 Å². The van der Waals surface area contributed by atoms with Crippen LogP contribution in [0.1, 0.15) is 5.82 Å². The fourth-order valence-electron chi connectivity index (χ4n) is 1.35. The molecule has 5 nitrogen and oxygen atoms in total. The summed E-state index contributed by atoms with van der Waals surface area (Å²) in [6.45, 7) is 0.562. The zero-order valence-electron chi connectivity index (χ0n) is 9.55. The summed E-state index contributed by atoms with van der Waals surface area (Å²) in [4.78, 5) is 8.21. The fraction of sp³-hybridized carbons (Fsp3) is 0.167. The van der Waals surface area contributed by atoms with Gasteiger partial charge in [-0.05, 0) is 24.3 Å². The molecular formula is C12H14N4O. The molecule has 0 saturated carbocycles. The molecule has 1 aromatic heterocycles. The number of nitrogen functional groups attached to an aromatic ring is 1. The third-order valence-corrected chi connectivity index (χ3v) is 2.27. The molecule has 0 aliphatic rings. The van der Waals surface area contributed by atoms with E-state index < -0.39 is 0 Å². The summed E-state index contributed by atoms with van der Waals surface area (Å²) in [6, 6.07) is 7.67. The molecule has 0 aliphatic carbocycles. The normalized spacial score (nSPS) is 9.94. The number of benzene rings is 1. The summed E-state index contributed by atoms with van der Waals surface area (Å²) < 4.78 is 5.08. The van der Waals surface area contributed by atoms with Gasteiger partial charge in [-0.1, -0.05) is 0 Å². The third kappa shape index (κ3) is 3.07. The summed E-state index contributed by atoms with van der Waals surface area (Å²) in [7, 11) is 1.64. The van der Waals surface area contributed by atoms with Crippen LogP contribution in [-0.4, -0.2) is 17.1 Å². The molecule has 0 unspecified atom stereocenters. The molecule has 0 bridgehead atoms. The van der Waals surface area contributed by atoms with Gasteiger partial charge in [0.15, 0.2) is 0 Å². The highest BCUT2D eigenvalue weighted by molar-refractivity contribution is 5.46. The molecule has 0 aliphatic heterocycles. The maximum absolute atomic E-state index is 5.51. The summed E-state index contributed by atoms with van der Waals surface area (Å²) in [5.41, 5.74) is 7.07. The molecule has 88 valence electrons. The summed E-state index contributed by atoms with van der Waals surface area (Å²) in [5.74, 6) is 1.54. The number of methoxy groups -OCH3 is 1. The number of hydrogen-bond donors (Lipinski definition) is 2. The van der Waals surface area contributed by atoms with Crippen LogP contribution in [0.4, 0.5) is 11.4 Å². The van der Waals surface area contributed by atoms with Crippen molar-refractivity contribution in [2.75, 3.05) is 18.2 Å². The van der Waals surface area contributed by atoms with E-state index in [1.165, 1.54) is 0 Å². The van der Waals surface area contributed by atoms with Gasteiger partial charge in [-0.15, -0.1) is 0 Å². The standard InChI is InChI=1S/C12H14N4O/c1-17-11-4-2-10(3-5-11)14-8-12-15-6-9(13)7-16-12/h2-7,14H,8,13H2,1H3. The summed E-state index contributed by atoms with van der Waals surface area (Å²) >= 11 is 0. The average Bonchev–Trinajstić information content (AvgIpc) is 2.39. The van der Waals surface area contributed by atoms with E-state index in [0.29, 0.717) is 18.1 Å². The Hall–Kier alpha value is -2.30. The molecule has 0 radical (unpaired) electrons. The molecule has 0 atom stereocenters. The van der Waals surface area contributed by atoms with Crippen molar-refractivity contribution in [1.82, 2.24) is 9.97 Å². The summed E-state index contributed by atoms with van der Waals surface area (Å²) in [6.07, 6.45) is 3.19. The Morgan fingerprint density at radius 3 is 2.41 bits per heavy atom. The van der Waals surface area contributed by atoms with Crippen molar-refractivity contribution in [3.63, 3.8) is 0 Å². The monoisotopic (exact) mass is 230 g/mol. The molecule has 0 spiro atoms. The van der Waals surface area contributed by atoms with Gasteiger partial charge in [0.25, 0.3) is 0 Å². The first-order valence-electron chi connectivity index (χ1n) is 5.22. The lowest BCUT2D eigenvalue weighted by Gasteiger charge is -2.06. The largest absolute Gasteiger partial charge is 0.497 e. The number of hydrogen-bond acceptors (Lipinski definition) is 5. The minimum Gasteiger partial charge on any atom is -0.497 e. The van der Waals surface area contributed by atoms with Gasteiger partial charge < -0.3 is 15.8 Å². The number of aromatic nitrogens is 2. The lowest BCUT2D eigenvalue weighted by atomic mass is 10.3. The molecule has 2 rings (SSSR count). The number of nitrogens with one attached hydrogen (secondary N) is 1. The molecule has 1 aromatic carbocycles. The lowest BCUT2D eigenvalue weighted by Crippen LogP contribution is -2.04. The van der Waals surface area contributed by atoms with Gasteiger partial charge in [0.2, 0.25) is 0 Å². The molecule has 5 heteroatoms. The van der Waals surface area contributed by atoms with Gasteiger partial charge in [-0.25, -0.2) is 9.97 Å². The van der Waals surface area contributed by atoms with Crippen molar-refractivity contribution in [3.8, 4) is 5.75 Å². The molecule has 1 heterocycles. The van der Waals surface area contributed by atoms with E-state index in [4.69, 9.17) is 10.5 Å². The zero-order valence-corrected chi connectivity index (χ0v) is 9.55. The molecule has 3 N–H and O–H groups in total. The Morgan fingerprint density at radius 2 is 1.82 bits per heavy atom. The van der Waals surface area contributed by atoms with Crippen LogP contribution in [0.3, 0.4) is 0 Å². The second-order valence-electron chi connectivity index (χ2n) is 3.51. The van der Waals surface area contributed by atoms with Gasteiger partial charge in [-0.2, -0.15) is 0 Å². The van der Waals surface area contributed by atoms with Crippen LogP contribution in [0, 0.1) is 0 Å². The first-order valence-corrected chi connectivity index (χ1v) is 5.22. The molecular weight excluding hydrogens is 216 g/mol. The van der Waals surface area contributed by atoms with Crippen LogP contribution in [0.15, 0.2) is 36.7 Å². The number of nitrogens with zero attached hydrogens (tertiary/aromatic N) is 2. The van der Waals surface area contributed by atoms with Gasteiger partial charge in [-0.3, -0.25) is 0 Å². The average molecular weight is 230 g/mol. The van der Waals surface area contributed by atoms with Gasteiger partial charge >= 0.3 is 0 Å². The van der Waals surface area contributed by atoms with Crippen LogP contribution in [-0.2, 0) is 6.54 Å². The van der Waals surface area contributed by atoms with E-state index in [1.54, 1.807) is 19.5 Å². The molecule has 0 saturated heterocycles. The van der Waals surface area contributed by atoms with E-state index in [2.05, 4.69) is 15.3 Å². The smallest absolute Gasteiger partial charge is 0.147 e. The Morgan fingerprint density at radius 1 is 1.18 bits per heavy atom. The number of anilines is 2. The third-order valence-electron chi connectivity index (χ3n) is 2.27. The summed E-state index contributed by atoms with van der Waals surface area (Å²) in [5, 5.41) is 3.21. The number of ether oxygens (including phenoxy) is 1. The highest BCUT2D eigenvalue weighted by Crippen LogP contribution is 2.15. The predicted molar refractivity (Wildman–Crippen MR) is 66.8 cm³/mol. The predicted octanol–water partition coefficient (Wildman–Crippen LogP) is 1.68. The maximum atomic E-state index is 5.51. The van der Waals surface area contributed by atoms with E-state index in [0.717, 1.165) is 11.4 Å². The van der Waals surface area contributed by atoms with Crippen molar-refractivity contribution in [2.24, 2.45) is 0 Å². The van der Waals surface area contributed by atoms with Crippen LogP contribution in [0.25, 0.3) is 0 Å². The van der Waals surface area contributed by atoms with Crippen LogP contribution >= 0.6 is 0 Å². The Bertz CT molecular complexity index is 467. The van der Waals surface area contributed by atoms with Gasteiger partial charge in [0.1, 0.15) is 11.6 Å². The molecule has 0 fully saturated rings. The Labute approximate surface area is 99.7 Å². The highest BCUT2D eigenvalue weighted by Gasteiger charge is 1.97. The Kier molecular flexibility index (Phi) is 3.40. The van der Waals surface area contributed by atoms with Crippen molar-refractivity contribution >= 4 is 11.4 Å². The van der Waals surface area contributed by atoms with E-state index in [-0.39, 0.29) is 0 Å². The molecule has 0 amide bonds. The topological polar surface area (TPSA) is 73.1 Å². The second-order valence-corrected chi connectivity index (χ2v) is 3.51. The maximum Gasteiger partial charge on any atom is 0.147 e. The highest BCUT2D eigenvalue weighted by atomic mass is 16.5. The SMILES string of the molecule is COc1ccc(NCc2ncc(N)cn2)cc1. The first-order chi connectivity index (χ1) is 8.28. The molecule has 2 aromatic rings. The Balaban J connectivity index is 1.95. The fourth-order valence-corrected chi connectivity index (χ4v) is 1.35. The van der Waals surface area contributed by atoms with Crippen molar-refractivity contribution in [1.29, 1.82) is 0 Å². The van der Waals surface area contributed by atoms with Crippen molar-refractivity contribution in [3.05, 3.63) is 42.5 Å². The second kappa shape index (κ2) is 5.16. The van der Waals surface area contributed by atoms with Crippen LogP contribution in [0.2, 0.25) is 0 Å². The quantitative estimate of drug-likeness (QED) is 0.836. The lowest BCUT2D eigenvalue weighted by molar-refractivity contribution is 0.415. The van der Waals surface area contributed by atoms with E-state index in [1.807, 2.05) is 24.3 Å². The van der Waals surface area contributed by atoms with Gasteiger partial charge in [0.05, 0.1) is 31.7 Å². The molecule has 17 heavy (non-hydrogen) atoms. The minimum absolute atomic E-state index is 0.562.